The van der Waals surface area contributed by atoms with Crippen LogP contribution in [-0.2, 0) is 0 Å². The number of carbonyl (C=O) groups excluding carboxylic acids is 1. The van der Waals surface area contributed by atoms with Gasteiger partial charge in [-0.3, -0.25) is 0 Å². The van der Waals surface area contributed by atoms with Crippen molar-refractivity contribution in [1.29, 1.82) is 0 Å². The number of aromatic amines is 1. The van der Waals surface area contributed by atoms with E-state index in [0.717, 1.165) is 43.1 Å². The molecule has 2 aromatic rings. The summed E-state index contributed by atoms with van der Waals surface area (Å²) < 4.78 is 39.4. The lowest BCUT2D eigenvalue weighted by Crippen LogP contribution is -2.67. The van der Waals surface area contributed by atoms with Gasteiger partial charge >= 0.3 is 12.2 Å². The molecule has 0 atom stereocenters. The van der Waals surface area contributed by atoms with Crippen molar-refractivity contribution in [1.82, 2.24) is 30.0 Å². The maximum absolute atomic E-state index is 13.1. The van der Waals surface area contributed by atoms with Gasteiger partial charge in [0, 0.05) is 55.5 Å². The maximum Gasteiger partial charge on any atom is 0.411 e. The Balaban J connectivity index is 0.872. The minimum Gasteiger partial charge on any atom is -0.356 e. The van der Waals surface area contributed by atoms with Gasteiger partial charge in [0.1, 0.15) is 23.0 Å². The van der Waals surface area contributed by atoms with Crippen LogP contribution >= 0.6 is 0 Å². The fraction of sp³-hybridized carbons (Fsp3) is 0.667. The van der Waals surface area contributed by atoms with Crippen LogP contribution in [0.25, 0.3) is 0 Å². The van der Waals surface area contributed by atoms with E-state index < -0.39 is 11.7 Å². The van der Waals surface area contributed by atoms with Crippen molar-refractivity contribution in [2.45, 2.75) is 68.0 Å². The minimum atomic E-state index is -4.27. The lowest BCUT2D eigenvalue weighted by atomic mass is 9.57. The molecule has 2 aromatic heterocycles. The van der Waals surface area contributed by atoms with E-state index >= 15 is 0 Å². The number of pyridine rings is 1. The molecule has 11 heteroatoms. The second kappa shape index (κ2) is 7.10. The van der Waals surface area contributed by atoms with Crippen LogP contribution in [0.15, 0.2) is 18.3 Å². The Kier molecular flexibility index (Phi) is 4.35. The molecule has 4 heterocycles. The fourth-order valence-corrected chi connectivity index (χ4v) is 5.96. The van der Waals surface area contributed by atoms with E-state index in [2.05, 4.69) is 25.5 Å². The van der Waals surface area contributed by atoms with Crippen LogP contribution in [0.2, 0.25) is 0 Å². The van der Waals surface area contributed by atoms with Gasteiger partial charge in [0.25, 0.3) is 0 Å². The van der Waals surface area contributed by atoms with E-state index in [4.69, 9.17) is 0 Å². The van der Waals surface area contributed by atoms with Crippen LogP contribution < -0.4 is 5.32 Å². The molecule has 2 N–H and O–H groups in total. The average Bonchev–Trinajstić information content (AvgIpc) is 3.65. The first-order valence-corrected chi connectivity index (χ1v) is 12.5. The summed E-state index contributed by atoms with van der Waals surface area (Å²) in [5.74, 6) is 3.47. The molecule has 2 aliphatic heterocycles. The highest BCUT2D eigenvalue weighted by Crippen LogP contribution is 2.56. The lowest BCUT2D eigenvalue weighted by molar-refractivity contribution is -0.151. The van der Waals surface area contributed by atoms with E-state index in [9.17, 15) is 18.0 Å². The Morgan fingerprint density at radius 2 is 1.69 bits per heavy atom. The molecule has 0 aromatic carbocycles. The van der Waals surface area contributed by atoms with Crippen molar-refractivity contribution >= 4 is 11.8 Å². The number of rotatable bonds is 5. The molecule has 5 fully saturated rings. The number of amides is 2. The van der Waals surface area contributed by atoms with Gasteiger partial charge in [-0.1, -0.05) is 6.07 Å². The molecule has 5 aliphatic rings. The van der Waals surface area contributed by atoms with E-state index in [-0.39, 0.29) is 36.0 Å². The van der Waals surface area contributed by atoms with Crippen LogP contribution in [0.4, 0.5) is 23.8 Å². The second-order valence-corrected chi connectivity index (χ2v) is 11.4. The van der Waals surface area contributed by atoms with Crippen molar-refractivity contribution in [3.05, 3.63) is 35.5 Å². The lowest BCUT2D eigenvalue weighted by Gasteiger charge is -2.59. The van der Waals surface area contributed by atoms with Crippen molar-refractivity contribution in [3.8, 4) is 0 Å². The van der Waals surface area contributed by atoms with Crippen LogP contribution in [0.5, 0.6) is 0 Å². The number of alkyl halides is 3. The summed E-state index contributed by atoms with van der Waals surface area (Å²) in [6.07, 6.45) is 2.05. The van der Waals surface area contributed by atoms with E-state index in [1.807, 2.05) is 15.9 Å². The summed E-state index contributed by atoms with van der Waals surface area (Å²) in [5.41, 5.74) is -0.625. The number of likely N-dealkylation sites (tertiary alicyclic amines) is 2. The zero-order valence-electron chi connectivity index (χ0n) is 19.3. The predicted molar refractivity (Wildman–Crippen MR) is 120 cm³/mol. The number of halogens is 3. The minimum absolute atomic E-state index is 0.0816. The van der Waals surface area contributed by atoms with Crippen molar-refractivity contribution < 1.29 is 18.0 Å². The standard InChI is InChI=1S/C24H28F3N7O/c25-24(26,27)23(5-6-23)30-18-4-3-15(9-28-18)17-10-33(11-17)21(35)34-12-22(13-34)7-16(8-22)20-29-19(31-32-20)14-1-2-14/h3-4,9,14,16-17H,1-2,5-8,10-13H2,(H,28,30)(H,29,31,32). The Labute approximate surface area is 200 Å². The number of hydrogen-bond acceptors (Lipinski definition) is 5. The fourth-order valence-electron chi connectivity index (χ4n) is 5.96. The van der Waals surface area contributed by atoms with E-state index in [1.54, 1.807) is 12.3 Å². The molecule has 7 rings (SSSR count). The van der Waals surface area contributed by atoms with Gasteiger partial charge in [-0.2, -0.15) is 13.2 Å². The van der Waals surface area contributed by atoms with Crippen LogP contribution in [0, 0.1) is 5.41 Å². The smallest absolute Gasteiger partial charge is 0.356 e. The van der Waals surface area contributed by atoms with Gasteiger partial charge < -0.3 is 20.1 Å². The Morgan fingerprint density at radius 1 is 1.00 bits per heavy atom. The molecule has 186 valence electrons. The SMILES string of the molecule is O=C(N1CC(c2ccc(NC3(C(F)(F)F)CC3)nc2)C1)N1CC2(CC(c3nnc(C4CC4)[nH]3)C2)C1. The Hall–Kier alpha value is -2.85. The van der Waals surface area contributed by atoms with Gasteiger partial charge in [-0.25, -0.2) is 9.78 Å². The van der Waals surface area contributed by atoms with Gasteiger partial charge in [-0.05, 0) is 50.2 Å². The first kappa shape index (κ1) is 21.4. The second-order valence-electron chi connectivity index (χ2n) is 11.4. The normalized spacial score (nSPS) is 25.1. The molecular weight excluding hydrogens is 459 g/mol. The number of aromatic nitrogens is 4. The zero-order valence-corrected chi connectivity index (χ0v) is 19.3. The Bertz CT molecular complexity index is 1130. The molecular formula is C24H28F3N7O. The third kappa shape index (κ3) is 3.57. The maximum atomic E-state index is 13.1. The summed E-state index contributed by atoms with van der Waals surface area (Å²) in [6, 6.07) is 3.51. The largest absolute Gasteiger partial charge is 0.411 e. The number of hydrogen-bond donors (Lipinski definition) is 2. The predicted octanol–water partition coefficient (Wildman–Crippen LogP) is 3.98. The van der Waals surface area contributed by atoms with Crippen molar-refractivity contribution in [2.24, 2.45) is 5.41 Å². The number of H-pyrrole nitrogens is 1. The first-order valence-electron chi connectivity index (χ1n) is 12.5. The number of nitrogens with one attached hydrogen (secondary N) is 2. The average molecular weight is 488 g/mol. The van der Waals surface area contributed by atoms with Crippen LogP contribution in [0.1, 0.15) is 73.5 Å². The van der Waals surface area contributed by atoms with Gasteiger partial charge in [0.2, 0.25) is 0 Å². The van der Waals surface area contributed by atoms with Crippen molar-refractivity contribution in [2.75, 3.05) is 31.5 Å². The molecule has 3 saturated carbocycles. The summed E-state index contributed by atoms with van der Waals surface area (Å²) in [7, 11) is 0. The summed E-state index contributed by atoms with van der Waals surface area (Å²) in [5, 5.41) is 11.2. The van der Waals surface area contributed by atoms with Crippen LogP contribution in [0.3, 0.4) is 0 Å². The molecule has 0 unspecified atom stereocenters. The number of carbonyl (C=O) groups is 1. The summed E-state index contributed by atoms with van der Waals surface area (Å²) >= 11 is 0. The first-order chi connectivity index (χ1) is 16.7. The highest BCUT2D eigenvalue weighted by molar-refractivity contribution is 5.77. The quantitative estimate of drug-likeness (QED) is 0.666. The van der Waals surface area contributed by atoms with Gasteiger partial charge in [0.05, 0.1) is 0 Å². The highest BCUT2D eigenvalue weighted by atomic mass is 19.4. The molecule has 0 radical (unpaired) electrons. The molecule has 2 saturated heterocycles. The van der Waals surface area contributed by atoms with Crippen molar-refractivity contribution in [3.63, 3.8) is 0 Å². The monoisotopic (exact) mass is 487 g/mol. The number of urea groups is 1. The van der Waals surface area contributed by atoms with Gasteiger partial charge in [0.15, 0.2) is 0 Å². The summed E-state index contributed by atoms with van der Waals surface area (Å²) in [4.78, 5) is 24.2. The topological polar surface area (TPSA) is 90.0 Å². The molecule has 1 spiro atoms. The molecule has 0 bridgehead atoms. The Morgan fingerprint density at radius 3 is 2.26 bits per heavy atom. The van der Waals surface area contributed by atoms with E-state index in [0.29, 0.717) is 24.9 Å². The van der Waals surface area contributed by atoms with E-state index in [1.165, 1.54) is 12.8 Å². The summed E-state index contributed by atoms with van der Waals surface area (Å²) in [6.45, 7) is 2.84. The number of anilines is 1. The third-order valence-corrected chi connectivity index (χ3v) is 8.62. The molecule has 35 heavy (non-hydrogen) atoms. The zero-order chi connectivity index (χ0) is 24.0. The van der Waals surface area contributed by atoms with Crippen LogP contribution in [-0.4, -0.2) is 73.9 Å². The third-order valence-electron chi connectivity index (χ3n) is 8.62. The number of nitrogens with zero attached hydrogens (tertiary/aromatic N) is 5. The molecule has 2 amide bonds. The van der Waals surface area contributed by atoms with Gasteiger partial charge in [-0.15, -0.1) is 10.2 Å². The molecule has 3 aliphatic carbocycles. The highest BCUT2D eigenvalue weighted by Gasteiger charge is 2.63. The molecule has 8 nitrogen and oxygen atoms in total.